The highest BCUT2D eigenvalue weighted by Crippen LogP contribution is 2.17. The highest BCUT2D eigenvalue weighted by Gasteiger charge is 2.10. The fourth-order valence-electron chi connectivity index (χ4n) is 1.55. The van der Waals surface area contributed by atoms with E-state index in [1.165, 1.54) is 0 Å². The smallest absolute Gasteiger partial charge is 0.241 e. The van der Waals surface area contributed by atoms with Crippen molar-refractivity contribution in [3.05, 3.63) is 30.5 Å². The molecule has 84 valence electrons. The topological polar surface area (TPSA) is 70.9 Å². The number of hydrogen-bond acceptors (Lipinski definition) is 2. The van der Waals surface area contributed by atoms with Gasteiger partial charge in [-0.05, 0) is 30.7 Å². The summed E-state index contributed by atoms with van der Waals surface area (Å²) < 4.78 is 0. The largest absolute Gasteiger partial charge is 0.361 e. The van der Waals surface area contributed by atoms with Crippen LogP contribution in [0.2, 0.25) is 0 Å². The van der Waals surface area contributed by atoms with Crippen molar-refractivity contribution >= 4 is 22.5 Å². The molecule has 1 aromatic carbocycles. The summed E-state index contributed by atoms with van der Waals surface area (Å²) in [6.45, 7) is 1.89. The molecule has 0 saturated carbocycles. The standard InChI is InChI=1S/C12H15N3O/c1-2-10(13)12(16)15-9-3-4-11-8(7-9)5-6-14-11/h3-7,10,14H,2,13H2,1H3,(H,15,16). The van der Waals surface area contributed by atoms with Crippen molar-refractivity contribution in [1.29, 1.82) is 0 Å². The molecule has 1 heterocycles. The molecule has 4 heteroatoms. The summed E-state index contributed by atoms with van der Waals surface area (Å²) in [6.07, 6.45) is 2.51. The van der Waals surface area contributed by atoms with Crippen LogP contribution in [-0.4, -0.2) is 16.9 Å². The summed E-state index contributed by atoms with van der Waals surface area (Å²) >= 11 is 0. The van der Waals surface area contributed by atoms with Crippen LogP contribution in [0.3, 0.4) is 0 Å². The van der Waals surface area contributed by atoms with Gasteiger partial charge < -0.3 is 16.0 Å². The van der Waals surface area contributed by atoms with E-state index in [0.717, 1.165) is 16.6 Å². The molecule has 1 amide bonds. The molecule has 0 fully saturated rings. The number of carbonyl (C=O) groups excluding carboxylic acids is 1. The number of aromatic amines is 1. The maximum absolute atomic E-state index is 11.6. The molecular formula is C12H15N3O. The molecule has 2 rings (SSSR count). The van der Waals surface area contributed by atoms with Crippen LogP contribution in [0.4, 0.5) is 5.69 Å². The SMILES string of the molecule is CCC(N)C(=O)Nc1ccc2[nH]ccc2c1. The number of rotatable bonds is 3. The summed E-state index contributed by atoms with van der Waals surface area (Å²) in [5.41, 5.74) is 7.47. The Morgan fingerprint density at radius 3 is 3.06 bits per heavy atom. The van der Waals surface area contributed by atoms with E-state index < -0.39 is 6.04 Å². The van der Waals surface area contributed by atoms with Gasteiger partial charge in [-0.1, -0.05) is 6.92 Å². The Morgan fingerprint density at radius 1 is 1.50 bits per heavy atom. The lowest BCUT2D eigenvalue weighted by Gasteiger charge is -2.09. The fraction of sp³-hybridized carbons (Fsp3) is 0.250. The Balaban J connectivity index is 2.17. The molecule has 4 nitrogen and oxygen atoms in total. The first-order chi connectivity index (χ1) is 7.70. The minimum absolute atomic E-state index is 0.141. The van der Waals surface area contributed by atoms with E-state index >= 15 is 0 Å². The third kappa shape index (κ3) is 2.06. The zero-order valence-corrected chi connectivity index (χ0v) is 9.16. The Morgan fingerprint density at radius 2 is 2.31 bits per heavy atom. The van der Waals surface area contributed by atoms with Crippen LogP contribution in [0, 0.1) is 0 Å². The number of amides is 1. The lowest BCUT2D eigenvalue weighted by atomic mass is 10.2. The van der Waals surface area contributed by atoms with E-state index in [0.29, 0.717) is 6.42 Å². The molecule has 16 heavy (non-hydrogen) atoms. The molecule has 1 atom stereocenters. The van der Waals surface area contributed by atoms with Crippen molar-refractivity contribution in [3.8, 4) is 0 Å². The number of H-pyrrole nitrogens is 1. The molecular weight excluding hydrogens is 202 g/mol. The van der Waals surface area contributed by atoms with Gasteiger partial charge in [0, 0.05) is 22.8 Å². The number of fused-ring (bicyclic) bond motifs is 1. The number of hydrogen-bond donors (Lipinski definition) is 3. The van der Waals surface area contributed by atoms with Crippen LogP contribution < -0.4 is 11.1 Å². The van der Waals surface area contributed by atoms with Crippen molar-refractivity contribution in [2.75, 3.05) is 5.32 Å². The minimum Gasteiger partial charge on any atom is -0.361 e. The molecule has 0 aliphatic carbocycles. The number of benzene rings is 1. The van der Waals surface area contributed by atoms with Gasteiger partial charge in [-0.3, -0.25) is 4.79 Å². The number of nitrogens with one attached hydrogen (secondary N) is 2. The van der Waals surface area contributed by atoms with Crippen LogP contribution in [0.5, 0.6) is 0 Å². The van der Waals surface area contributed by atoms with E-state index in [2.05, 4.69) is 10.3 Å². The zero-order chi connectivity index (χ0) is 11.5. The number of nitrogens with two attached hydrogens (primary N) is 1. The zero-order valence-electron chi connectivity index (χ0n) is 9.16. The highest BCUT2D eigenvalue weighted by molar-refractivity contribution is 5.96. The second kappa shape index (κ2) is 4.37. The molecule has 0 radical (unpaired) electrons. The van der Waals surface area contributed by atoms with Gasteiger partial charge in [0.2, 0.25) is 5.91 Å². The van der Waals surface area contributed by atoms with Crippen molar-refractivity contribution in [1.82, 2.24) is 4.98 Å². The second-order valence-corrected chi connectivity index (χ2v) is 3.78. The minimum atomic E-state index is -0.443. The lowest BCUT2D eigenvalue weighted by molar-refractivity contribution is -0.117. The second-order valence-electron chi connectivity index (χ2n) is 3.78. The molecule has 0 spiro atoms. The normalized spacial score (nSPS) is 12.6. The molecule has 1 unspecified atom stereocenters. The maximum atomic E-state index is 11.6. The van der Waals surface area contributed by atoms with Gasteiger partial charge in [0.05, 0.1) is 6.04 Å². The monoisotopic (exact) mass is 217 g/mol. The predicted octanol–water partition coefficient (Wildman–Crippen LogP) is 1.84. The van der Waals surface area contributed by atoms with E-state index in [1.807, 2.05) is 37.4 Å². The molecule has 4 N–H and O–H groups in total. The van der Waals surface area contributed by atoms with Crippen LogP contribution in [-0.2, 0) is 4.79 Å². The first-order valence-corrected chi connectivity index (χ1v) is 5.34. The summed E-state index contributed by atoms with van der Waals surface area (Å²) in [7, 11) is 0. The highest BCUT2D eigenvalue weighted by atomic mass is 16.2. The van der Waals surface area contributed by atoms with Gasteiger partial charge in [0.15, 0.2) is 0 Å². The Hall–Kier alpha value is -1.81. The number of carbonyl (C=O) groups is 1. The lowest BCUT2D eigenvalue weighted by Crippen LogP contribution is -2.34. The van der Waals surface area contributed by atoms with Crippen molar-refractivity contribution < 1.29 is 4.79 Å². The Labute approximate surface area is 93.8 Å². The van der Waals surface area contributed by atoms with Crippen molar-refractivity contribution in [2.24, 2.45) is 5.73 Å². The average molecular weight is 217 g/mol. The third-order valence-electron chi connectivity index (χ3n) is 2.60. The van der Waals surface area contributed by atoms with E-state index in [9.17, 15) is 4.79 Å². The Bertz CT molecular complexity index is 504. The van der Waals surface area contributed by atoms with E-state index in [1.54, 1.807) is 0 Å². The van der Waals surface area contributed by atoms with Gasteiger partial charge in [0.1, 0.15) is 0 Å². The molecule has 1 aromatic heterocycles. The third-order valence-corrected chi connectivity index (χ3v) is 2.60. The van der Waals surface area contributed by atoms with Crippen molar-refractivity contribution in [3.63, 3.8) is 0 Å². The van der Waals surface area contributed by atoms with Gasteiger partial charge in [0.25, 0.3) is 0 Å². The average Bonchev–Trinajstić information content (AvgIpc) is 2.75. The van der Waals surface area contributed by atoms with Gasteiger partial charge in [-0.25, -0.2) is 0 Å². The van der Waals surface area contributed by atoms with Crippen LogP contribution >= 0.6 is 0 Å². The summed E-state index contributed by atoms with van der Waals surface area (Å²) in [6, 6.07) is 7.24. The molecule has 0 aliphatic heterocycles. The molecule has 2 aromatic rings. The summed E-state index contributed by atoms with van der Waals surface area (Å²) in [4.78, 5) is 14.7. The molecule has 0 saturated heterocycles. The molecule has 0 bridgehead atoms. The fourth-order valence-corrected chi connectivity index (χ4v) is 1.55. The summed E-state index contributed by atoms with van der Waals surface area (Å²) in [5, 5.41) is 3.87. The predicted molar refractivity (Wildman–Crippen MR) is 65.2 cm³/mol. The Kier molecular flexibility index (Phi) is 2.92. The van der Waals surface area contributed by atoms with Crippen LogP contribution in [0.25, 0.3) is 10.9 Å². The van der Waals surface area contributed by atoms with Crippen molar-refractivity contribution in [2.45, 2.75) is 19.4 Å². The van der Waals surface area contributed by atoms with Crippen LogP contribution in [0.1, 0.15) is 13.3 Å². The first kappa shape index (κ1) is 10.7. The van der Waals surface area contributed by atoms with Gasteiger partial charge >= 0.3 is 0 Å². The van der Waals surface area contributed by atoms with E-state index in [4.69, 9.17) is 5.73 Å². The quantitative estimate of drug-likeness (QED) is 0.734. The maximum Gasteiger partial charge on any atom is 0.241 e. The van der Waals surface area contributed by atoms with Crippen LogP contribution in [0.15, 0.2) is 30.5 Å². The number of aromatic nitrogens is 1. The number of anilines is 1. The van der Waals surface area contributed by atoms with Gasteiger partial charge in [-0.15, -0.1) is 0 Å². The van der Waals surface area contributed by atoms with E-state index in [-0.39, 0.29) is 5.91 Å². The van der Waals surface area contributed by atoms with Gasteiger partial charge in [-0.2, -0.15) is 0 Å². The molecule has 0 aliphatic rings. The first-order valence-electron chi connectivity index (χ1n) is 5.34. The summed E-state index contributed by atoms with van der Waals surface area (Å²) in [5.74, 6) is -0.141.